The molecule has 1 aliphatic rings. The Morgan fingerprint density at radius 1 is 1.13 bits per heavy atom. The number of rotatable bonds is 4. The first kappa shape index (κ1) is 16.2. The Bertz CT molecular complexity index is 709. The van der Waals surface area contributed by atoms with Crippen molar-refractivity contribution in [1.29, 1.82) is 0 Å². The molecule has 3 heteroatoms. The van der Waals surface area contributed by atoms with E-state index in [1.165, 1.54) is 17.6 Å². The molecule has 1 nitrogen and oxygen atoms in total. The van der Waals surface area contributed by atoms with Crippen molar-refractivity contribution in [3.63, 3.8) is 0 Å². The SMILES string of the molecule is S=C(CC1CC=C(c2ccccc2)CC1)Nc1cccc(Cl)c1. The highest BCUT2D eigenvalue weighted by molar-refractivity contribution is 7.80. The van der Waals surface area contributed by atoms with Crippen LogP contribution in [0.5, 0.6) is 0 Å². The van der Waals surface area contributed by atoms with Gasteiger partial charge >= 0.3 is 0 Å². The summed E-state index contributed by atoms with van der Waals surface area (Å²) in [6, 6.07) is 18.4. The van der Waals surface area contributed by atoms with Crippen LogP contribution in [0.3, 0.4) is 0 Å². The molecule has 0 amide bonds. The number of anilines is 1. The summed E-state index contributed by atoms with van der Waals surface area (Å²) >= 11 is 11.5. The highest BCUT2D eigenvalue weighted by Crippen LogP contribution is 2.32. The van der Waals surface area contributed by atoms with E-state index in [4.69, 9.17) is 23.8 Å². The summed E-state index contributed by atoms with van der Waals surface area (Å²) in [5, 5.41) is 4.03. The molecule has 1 N–H and O–H groups in total. The molecular formula is C20H20ClNS. The summed E-state index contributed by atoms with van der Waals surface area (Å²) < 4.78 is 0. The third-order valence-corrected chi connectivity index (χ3v) is 4.75. The minimum atomic E-state index is 0.627. The van der Waals surface area contributed by atoms with Crippen molar-refractivity contribution in [3.05, 3.63) is 71.3 Å². The van der Waals surface area contributed by atoms with Gasteiger partial charge in [0.1, 0.15) is 0 Å². The molecule has 0 fully saturated rings. The third-order valence-electron chi connectivity index (χ3n) is 4.25. The van der Waals surface area contributed by atoms with Crippen molar-refractivity contribution in [2.45, 2.75) is 25.7 Å². The van der Waals surface area contributed by atoms with Gasteiger partial charge in [-0.1, -0.05) is 66.3 Å². The minimum Gasteiger partial charge on any atom is -0.350 e. The van der Waals surface area contributed by atoms with E-state index >= 15 is 0 Å². The molecule has 1 unspecified atom stereocenters. The predicted octanol–water partition coefficient (Wildman–Crippen LogP) is 6.35. The van der Waals surface area contributed by atoms with Crippen LogP contribution in [0.1, 0.15) is 31.2 Å². The number of hydrogen-bond acceptors (Lipinski definition) is 1. The van der Waals surface area contributed by atoms with Gasteiger partial charge in [-0.05, 0) is 54.5 Å². The van der Waals surface area contributed by atoms with Crippen molar-refractivity contribution < 1.29 is 0 Å². The fourth-order valence-corrected chi connectivity index (χ4v) is 3.57. The number of halogens is 1. The van der Waals surface area contributed by atoms with Gasteiger partial charge in [0.15, 0.2) is 0 Å². The lowest BCUT2D eigenvalue weighted by molar-refractivity contribution is 0.505. The van der Waals surface area contributed by atoms with Crippen LogP contribution in [0.15, 0.2) is 60.7 Å². The Balaban J connectivity index is 1.54. The van der Waals surface area contributed by atoms with E-state index < -0.39 is 0 Å². The molecule has 0 bridgehead atoms. The topological polar surface area (TPSA) is 12.0 Å². The fraction of sp³-hybridized carbons (Fsp3) is 0.250. The van der Waals surface area contributed by atoms with Crippen molar-refractivity contribution in [3.8, 4) is 0 Å². The molecule has 2 aromatic carbocycles. The molecule has 0 radical (unpaired) electrons. The van der Waals surface area contributed by atoms with E-state index in [-0.39, 0.29) is 0 Å². The first-order valence-corrected chi connectivity index (χ1v) is 8.79. The molecule has 0 saturated carbocycles. The minimum absolute atomic E-state index is 0.627. The molecule has 23 heavy (non-hydrogen) atoms. The molecule has 0 aliphatic heterocycles. The van der Waals surface area contributed by atoms with Crippen molar-refractivity contribution in [2.24, 2.45) is 5.92 Å². The van der Waals surface area contributed by atoms with Crippen molar-refractivity contribution in [2.75, 3.05) is 5.32 Å². The number of benzene rings is 2. The Labute approximate surface area is 148 Å². The third kappa shape index (κ3) is 4.66. The normalized spacial score (nSPS) is 17.4. The molecule has 2 aromatic rings. The van der Waals surface area contributed by atoms with Crippen LogP contribution in [0.4, 0.5) is 5.69 Å². The molecule has 1 aliphatic carbocycles. The highest BCUT2D eigenvalue weighted by Gasteiger charge is 2.17. The highest BCUT2D eigenvalue weighted by atomic mass is 35.5. The lowest BCUT2D eigenvalue weighted by Crippen LogP contribution is -2.16. The maximum Gasteiger partial charge on any atom is 0.0800 e. The Morgan fingerprint density at radius 3 is 2.65 bits per heavy atom. The Kier molecular flexibility index (Phi) is 5.47. The molecule has 0 heterocycles. The first-order valence-electron chi connectivity index (χ1n) is 8.00. The van der Waals surface area contributed by atoms with Crippen LogP contribution in [0.2, 0.25) is 5.02 Å². The Morgan fingerprint density at radius 2 is 1.96 bits per heavy atom. The van der Waals surface area contributed by atoms with Crippen LogP contribution in [-0.2, 0) is 0 Å². The quantitative estimate of drug-likeness (QED) is 0.650. The molecule has 3 rings (SSSR count). The van der Waals surface area contributed by atoms with Crippen LogP contribution in [0, 0.1) is 5.92 Å². The maximum atomic E-state index is 6.00. The number of nitrogens with one attached hydrogen (secondary N) is 1. The molecule has 0 aromatic heterocycles. The zero-order valence-electron chi connectivity index (χ0n) is 13.0. The summed E-state index contributed by atoms with van der Waals surface area (Å²) in [7, 11) is 0. The second-order valence-electron chi connectivity index (χ2n) is 6.00. The summed E-state index contributed by atoms with van der Waals surface area (Å²) in [6.45, 7) is 0. The zero-order chi connectivity index (χ0) is 16.1. The van der Waals surface area contributed by atoms with E-state index in [0.29, 0.717) is 5.92 Å². The van der Waals surface area contributed by atoms with Gasteiger partial charge in [0.05, 0.1) is 4.99 Å². The Hall–Kier alpha value is -1.64. The lowest BCUT2D eigenvalue weighted by atomic mass is 9.85. The molecule has 0 saturated heterocycles. The summed E-state index contributed by atoms with van der Waals surface area (Å²) in [5.74, 6) is 0.627. The smallest absolute Gasteiger partial charge is 0.0800 e. The van der Waals surface area contributed by atoms with Crippen molar-refractivity contribution >= 4 is 40.1 Å². The van der Waals surface area contributed by atoms with Crippen LogP contribution in [0.25, 0.3) is 5.57 Å². The zero-order valence-corrected chi connectivity index (χ0v) is 14.5. The van der Waals surface area contributed by atoms with E-state index in [2.05, 4.69) is 41.7 Å². The molecular weight excluding hydrogens is 322 g/mol. The summed E-state index contributed by atoms with van der Waals surface area (Å²) in [4.78, 5) is 0.897. The van der Waals surface area contributed by atoms with Crippen LogP contribution < -0.4 is 5.32 Å². The predicted molar refractivity (Wildman–Crippen MR) is 104 cm³/mol. The molecule has 1 atom stereocenters. The second kappa shape index (κ2) is 7.76. The second-order valence-corrected chi connectivity index (χ2v) is 6.93. The van der Waals surface area contributed by atoms with Gasteiger partial charge in [-0.15, -0.1) is 0 Å². The standard InChI is InChI=1S/C20H20ClNS/c21-18-7-4-8-19(14-18)22-20(23)13-15-9-11-17(12-10-15)16-5-2-1-3-6-16/h1-8,11,14-15H,9-10,12-13H2,(H,22,23). The van der Waals surface area contributed by atoms with Gasteiger partial charge in [-0.3, -0.25) is 0 Å². The number of hydrogen-bond donors (Lipinski definition) is 1. The van der Waals surface area contributed by atoms with E-state index in [9.17, 15) is 0 Å². The first-order chi connectivity index (χ1) is 11.2. The van der Waals surface area contributed by atoms with Gasteiger partial charge in [0.2, 0.25) is 0 Å². The van der Waals surface area contributed by atoms with Crippen molar-refractivity contribution in [1.82, 2.24) is 0 Å². The van der Waals surface area contributed by atoms with E-state index in [1.54, 1.807) is 0 Å². The number of allylic oxidation sites excluding steroid dienone is 2. The average molecular weight is 342 g/mol. The summed E-state index contributed by atoms with van der Waals surface area (Å²) in [5.41, 5.74) is 3.79. The monoisotopic (exact) mass is 341 g/mol. The van der Waals surface area contributed by atoms with Gasteiger partial charge in [-0.2, -0.15) is 0 Å². The summed E-state index contributed by atoms with van der Waals surface area (Å²) in [6.07, 6.45) is 6.74. The van der Waals surface area contributed by atoms with Gasteiger partial charge in [-0.25, -0.2) is 0 Å². The maximum absolute atomic E-state index is 6.00. The average Bonchev–Trinajstić information content (AvgIpc) is 2.56. The molecule has 0 spiro atoms. The van der Waals surface area contributed by atoms with E-state index in [1.807, 2.05) is 24.3 Å². The van der Waals surface area contributed by atoms with E-state index in [0.717, 1.165) is 35.0 Å². The largest absolute Gasteiger partial charge is 0.350 e. The van der Waals surface area contributed by atoms with Crippen LogP contribution in [-0.4, -0.2) is 4.99 Å². The van der Waals surface area contributed by atoms with Crippen LogP contribution >= 0.6 is 23.8 Å². The molecule has 118 valence electrons. The lowest BCUT2D eigenvalue weighted by Gasteiger charge is -2.23. The van der Waals surface area contributed by atoms with Gasteiger partial charge in [0, 0.05) is 17.1 Å². The van der Waals surface area contributed by atoms with Gasteiger partial charge < -0.3 is 5.32 Å². The van der Waals surface area contributed by atoms with Gasteiger partial charge in [0.25, 0.3) is 0 Å². The fourth-order valence-electron chi connectivity index (χ4n) is 3.03. The number of thiocarbonyl (C=S) groups is 1.